The van der Waals surface area contributed by atoms with Gasteiger partial charge in [0.25, 0.3) is 5.91 Å². The molecule has 0 fully saturated rings. The van der Waals surface area contributed by atoms with Gasteiger partial charge in [0.1, 0.15) is 6.61 Å². The van der Waals surface area contributed by atoms with Crippen LogP contribution in [0.1, 0.15) is 47.3 Å². The molecular formula is C23H22N4O6. The van der Waals surface area contributed by atoms with Crippen LogP contribution in [0.4, 0.5) is 10.6 Å². The van der Waals surface area contributed by atoms with Crippen molar-refractivity contribution in [3.05, 3.63) is 65.4 Å². The Morgan fingerprint density at radius 2 is 1.70 bits per heavy atom. The molecule has 1 aliphatic rings. The van der Waals surface area contributed by atoms with Crippen molar-refractivity contribution in [1.29, 1.82) is 0 Å². The number of aromatic nitrogens is 2. The predicted molar refractivity (Wildman–Crippen MR) is 117 cm³/mol. The lowest BCUT2D eigenvalue weighted by molar-refractivity contribution is -0.137. The van der Waals surface area contributed by atoms with E-state index in [2.05, 4.69) is 25.6 Å². The zero-order valence-corrected chi connectivity index (χ0v) is 17.8. The van der Waals surface area contributed by atoms with Gasteiger partial charge in [-0.2, -0.15) is 0 Å². The van der Waals surface area contributed by atoms with Crippen LogP contribution >= 0.6 is 0 Å². The number of ether oxygens (including phenoxy) is 1. The number of carboxylic acids is 1. The molecule has 0 bridgehead atoms. The first-order valence-corrected chi connectivity index (χ1v) is 10.4. The van der Waals surface area contributed by atoms with Gasteiger partial charge in [-0.25, -0.2) is 9.42 Å². The van der Waals surface area contributed by atoms with Crippen molar-refractivity contribution >= 4 is 23.8 Å². The molecule has 4 rings (SSSR count). The largest absolute Gasteiger partial charge is 0.481 e. The number of rotatable bonds is 8. The molecule has 1 atom stereocenters. The summed E-state index contributed by atoms with van der Waals surface area (Å²) >= 11 is 0. The average Bonchev–Trinajstić information content (AvgIpc) is 3.39. The summed E-state index contributed by atoms with van der Waals surface area (Å²) in [5.74, 6) is -2.09. The van der Waals surface area contributed by atoms with Crippen LogP contribution in [0.2, 0.25) is 0 Å². The van der Waals surface area contributed by atoms with Crippen LogP contribution in [-0.2, 0) is 9.53 Å². The van der Waals surface area contributed by atoms with Crippen LogP contribution in [0, 0.1) is 0 Å². The molecule has 1 heterocycles. The van der Waals surface area contributed by atoms with Gasteiger partial charge in [0.15, 0.2) is 0 Å². The van der Waals surface area contributed by atoms with Crippen LogP contribution in [0.3, 0.4) is 0 Å². The third-order valence-corrected chi connectivity index (χ3v) is 5.52. The van der Waals surface area contributed by atoms with E-state index < -0.39 is 24.0 Å². The van der Waals surface area contributed by atoms with Gasteiger partial charge >= 0.3 is 12.1 Å². The van der Waals surface area contributed by atoms with E-state index in [1.54, 1.807) is 6.92 Å². The number of aliphatic carboxylic acids is 1. The van der Waals surface area contributed by atoms with Gasteiger partial charge in [0, 0.05) is 12.0 Å². The predicted octanol–water partition coefficient (Wildman–Crippen LogP) is 3.41. The Morgan fingerprint density at radius 3 is 2.30 bits per heavy atom. The van der Waals surface area contributed by atoms with Gasteiger partial charge in [-0.1, -0.05) is 55.5 Å². The number of carbonyl (C=O) groups excluding carboxylic acids is 2. The van der Waals surface area contributed by atoms with Crippen LogP contribution < -0.4 is 10.6 Å². The van der Waals surface area contributed by atoms with E-state index in [0.717, 1.165) is 22.3 Å². The molecule has 1 unspecified atom stereocenters. The zero-order valence-electron chi connectivity index (χ0n) is 17.8. The summed E-state index contributed by atoms with van der Waals surface area (Å²) in [6.07, 6.45) is -0.666. The molecule has 10 nitrogen and oxygen atoms in total. The Labute approximate surface area is 188 Å². The van der Waals surface area contributed by atoms with Crippen molar-refractivity contribution in [2.24, 2.45) is 0 Å². The minimum Gasteiger partial charge on any atom is -0.481 e. The molecule has 2 aromatic carbocycles. The van der Waals surface area contributed by atoms with Crippen LogP contribution in [0.15, 0.2) is 53.2 Å². The third-order valence-electron chi connectivity index (χ3n) is 5.52. The highest BCUT2D eigenvalue weighted by Gasteiger charge is 2.29. The number of fused-ring (bicyclic) bond motifs is 3. The number of anilines is 1. The second kappa shape index (κ2) is 9.51. The van der Waals surface area contributed by atoms with E-state index >= 15 is 0 Å². The fourth-order valence-corrected chi connectivity index (χ4v) is 3.91. The van der Waals surface area contributed by atoms with Crippen molar-refractivity contribution in [1.82, 2.24) is 15.6 Å². The minimum atomic E-state index is -1.04. The number of carboxylic acid groups (broad SMARTS) is 1. The molecule has 0 aliphatic heterocycles. The van der Waals surface area contributed by atoms with Gasteiger partial charge in [0.05, 0.1) is 6.42 Å². The maximum Gasteiger partial charge on any atom is 0.412 e. The number of amides is 2. The number of nitrogens with one attached hydrogen (secondary N) is 2. The van der Waals surface area contributed by atoms with Crippen LogP contribution in [-0.4, -0.2) is 46.0 Å². The lowest BCUT2D eigenvalue weighted by atomic mass is 9.98. The highest BCUT2D eigenvalue weighted by molar-refractivity contribution is 5.99. The number of hydrogen-bond donors (Lipinski definition) is 3. The average molecular weight is 450 g/mol. The summed E-state index contributed by atoms with van der Waals surface area (Å²) in [6.45, 7) is 1.83. The Morgan fingerprint density at radius 1 is 1.06 bits per heavy atom. The molecule has 0 radical (unpaired) electrons. The standard InChI is InChI=1S/C23H22N4O6/c1-2-13(11-19(28)29)24-22(30)20-21(27-33-26-20)25-23(31)32-12-18-16-9-5-3-7-14(16)15-8-4-6-10-17(15)18/h3-10,13,18H,2,11-12H2,1H3,(H,24,30)(H,28,29)(H,25,27,31). The number of benzene rings is 2. The first-order valence-electron chi connectivity index (χ1n) is 10.4. The van der Waals surface area contributed by atoms with Crippen LogP contribution in [0.25, 0.3) is 11.1 Å². The Kier molecular flexibility index (Phi) is 6.34. The molecule has 1 aliphatic carbocycles. The molecule has 1 aromatic heterocycles. The van der Waals surface area contributed by atoms with E-state index in [-0.39, 0.29) is 30.5 Å². The lowest BCUT2D eigenvalue weighted by Crippen LogP contribution is -2.36. The van der Waals surface area contributed by atoms with Gasteiger partial charge in [-0.15, -0.1) is 0 Å². The van der Waals surface area contributed by atoms with Gasteiger partial charge in [-0.3, -0.25) is 14.9 Å². The maximum atomic E-state index is 12.4. The third kappa shape index (κ3) is 4.69. The number of nitrogens with zero attached hydrogens (tertiary/aromatic N) is 2. The minimum absolute atomic E-state index is 0.0865. The van der Waals surface area contributed by atoms with E-state index in [1.807, 2.05) is 48.5 Å². The fourth-order valence-electron chi connectivity index (χ4n) is 3.91. The molecule has 3 N–H and O–H groups in total. The Hall–Kier alpha value is -4.21. The molecule has 0 saturated carbocycles. The fraction of sp³-hybridized carbons (Fsp3) is 0.261. The molecule has 10 heteroatoms. The van der Waals surface area contributed by atoms with Crippen molar-refractivity contribution < 1.29 is 28.9 Å². The van der Waals surface area contributed by atoms with Crippen molar-refractivity contribution in [2.75, 3.05) is 11.9 Å². The second-order valence-corrected chi connectivity index (χ2v) is 7.59. The van der Waals surface area contributed by atoms with E-state index in [1.165, 1.54) is 0 Å². The number of hydrogen-bond acceptors (Lipinski definition) is 7. The monoisotopic (exact) mass is 450 g/mol. The summed E-state index contributed by atoms with van der Waals surface area (Å²) in [5.41, 5.74) is 4.08. The molecule has 0 saturated heterocycles. The smallest absolute Gasteiger partial charge is 0.412 e. The van der Waals surface area contributed by atoms with Crippen molar-refractivity contribution in [2.45, 2.75) is 31.7 Å². The topological polar surface area (TPSA) is 144 Å². The number of carbonyl (C=O) groups is 3. The molecule has 170 valence electrons. The van der Waals surface area contributed by atoms with Gasteiger partial charge in [-0.05, 0) is 39.0 Å². The van der Waals surface area contributed by atoms with Gasteiger partial charge in [0.2, 0.25) is 11.5 Å². The SMILES string of the molecule is CCC(CC(=O)O)NC(=O)c1nonc1NC(=O)OCC1c2ccccc2-c2ccccc21. The Bertz CT molecular complexity index is 1150. The Balaban J connectivity index is 1.40. The van der Waals surface area contributed by atoms with E-state index in [4.69, 9.17) is 9.84 Å². The molecular weight excluding hydrogens is 428 g/mol. The summed E-state index contributed by atoms with van der Waals surface area (Å²) in [7, 11) is 0. The van der Waals surface area contributed by atoms with Crippen molar-refractivity contribution in [3.8, 4) is 11.1 Å². The lowest BCUT2D eigenvalue weighted by Gasteiger charge is -2.15. The molecule has 33 heavy (non-hydrogen) atoms. The van der Waals surface area contributed by atoms with E-state index in [9.17, 15) is 14.4 Å². The maximum absolute atomic E-state index is 12.4. The summed E-state index contributed by atoms with van der Waals surface area (Å²) in [5, 5.41) is 20.9. The zero-order chi connectivity index (χ0) is 23.4. The molecule has 3 aromatic rings. The quantitative estimate of drug-likeness (QED) is 0.474. The molecule has 0 spiro atoms. The van der Waals surface area contributed by atoms with E-state index in [0.29, 0.717) is 6.42 Å². The molecule has 2 amide bonds. The normalized spacial score (nSPS) is 13.0. The first kappa shape index (κ1) is 22.0. The van der Waals surface area contributed by atoms with Crippen molar-refractivity contribution in [3.63, 3.8) is 0 Å². The highest BCUT2D eigenvalue weighted by atomic mass is 16.6. The summed E-state index contributed by atoms with van der Waals surface area (Å²) in [4.78, 5) is 35.8. The first-order chi connectivity index (χ1) is 16.0. The second-order valence-electron chi connectivity index (χ2n) is 7.59. The summed E-state index contributed by atoms with van der Waals surface area (Å²) < 4.78 is 10.0. The highest BCUT2D eigenvalue weighted by Crippen LogP contribution is 2.44. The van der Waals surface area contributed by atoms with Gasteiger partial charge < -0.3 is 15.2 Å². The summed E-state index contributed by atoms with van der Waals surface area (Å²) in [6, 6.07) is 15.3. The van der Waals surface area contributed by atoms with Crippen LogP contribution in [0.5, 0.6) is 0 Å².